The van der Waals surface area contributed by atoms with E-state index in [1.807, 2.05) is 0 Å². The van der Waals surface area contributed by atoms with E-state index >= 15 is 0 Å². The van der Waals surface area contributed by atoms with Crippen LogP contribution in [-0.2, 0) is 0 Å². The van der Waals surface area contributed by atoms with Gasteiger partial charge in [0.2, 0.25) is 5.54 Å². The Morgan fingerprint density at radius 1 is 1.31 bits per heavy atom. The number of hydrogen-bond acceptors (Lipinski definition) is 2. The molecule has 4 rings (SSSR count). The maximum absolute atomic E-state index is 11.1. The van der Waals surface area contributed by atoms with Crippen LogP contribution < -0.4 is 0 Å². The highest BCUT2D eigenvalue weighted by Crippen LogP contribution is 2.92. The molecule has 13 heavy (non-hydrogen) atoms. The summed E-state index contributed by atoms with van der Waals surface area (Å²) in [5.41, 5.74) is -0.119. The predicted molar refractivity (Wildman–Crippen MR) is 45.6 cm³/mol. The van der Waals surface area contributed by atoms with Gasteiger partial charge in [-0.25, -0.2) is 0 Å². The van der Waals surface area contributed by atoms with E-state index in [1.54, 1.807) is 0 Å². The minimum absolute atomic E-state index is 0.0599. The molecule has 4 saturated carbocycles. The van der Waals surface area contributed by atoms with E-state index in [0.29, 0.717) is 17.8 Å². The molecule has 0 aromatic carbocycles. The first-order valence-electron chi connectivity index (χ1n) is 5.18. The van der Waals surface area contributed by atoms with E-state index in [0.717, 1.165) is 11.8 Å². The van der Waals surface area contributed by atoms with Crippen LogP contribution in [-0.4, -0.2) is 10.5 Å². The topological polar surface area (TPSA) is 43.1 Å². The van der Waals surface area contributed by atoms with Gasteiger partial charge in [0.1, 0.15) is 0 Å². The number of nitro groups is 1. The van der Waals surface area contributed by atoms with E-state index in [4.69, 9.17) is 0 Å². The van der Waals surface area contributed by atoms with Crippen LogP contribution >= 0.6 is 0 Å². The van der Waals surface area contributed by atoms with Crippen LogP contribution in [0.25, 0.3) is 0 Å². The number of nitrogens with zero attached hydrogens (tertiary/aromatic N) is 1. The molecule has 0 amide bonds. The maximum Gasteiger partial charge on any atom is 0.232 e. The lowest BCUT2D eigenvalue weighted by atomic mass is 9.10. The van der Waals surface area contributed by atoms with Crippen molar-refractivity contribution < 1.29 is 4.92 Å². The highest BCUT2D eigenvalue weighted by atomic mass is 16.6. The summed E-state index contributed by atoms with van der Waals surface area (Å²) >= 11 is 0. The number of rotatable bonds is 1. The van der Waals surface area contributed by atoms with Crippen LogP contribution in [0.2, 0.25) is 0 Å². The maximum atomic E-state index is 11.1. The Kier molecular flexibility index (Phi) is 0.697. The van der Waals surface area contributed by atoms with Crippen molar-refractivity contribution >= 4 is 0 Å². The summed E-state index contributed by atoms with van der Waals surface area (Å²) in [4.78, 5) is 11.1. The zero-order valence-corrected chi connectivity index (χ0v) is 7.86. The fourth-order valence-corrected chi connectivity index (χ4v) is 5.90. The zero-order chi connectivity index (χ0) is 9.17. The van der Waals surface area contributed by atoms with Crippen molar-refractivity contribution in [3.8, 4) is 0 Å². The largest absolute Gasteiger partial charge is 0.264 e. The molecule has 0 heterocycles. The summed E-state index contributed by atoms with van der Waals surface area (Å²) in [5.74, 6) is 2.82. The smallest absolute Gasteiger partial charge is 0.232 e. The second-order valence-corrected chi connectivity index (χ2v) is 6.01. The Morgan fingerprint density at radius 2 is 1.85 bits per heavy atom. The Morgan fingerprint density at radius 3 is 2.15 bits per heavy atom. The SMILES string of the molecule is CC1(C)C2C3CC4C3C2([N+](=O)[O-])C41. The normalized spacial score (nSPS) is 67.7. The lowest BCUT2D eigenvalue weighted by molar-refractivity contribution is -0.733. The Labute approximate surface area is 76.7 Å². The number of fused-ring (bicyclic) bond motifs is 2. The van der Waals surface area contributed by atoms with Crippen LogP contribution in [0.5, 0.6) is 0 Å². The van der Waals surface area contributed by atoms with Crippen LogP contribution in [0.15, 0.2) is 0 Å². The Balaban J connectivity index is 1.86. The van der Waals surface area contributed by atoms with Crippen LogP contribution in [0, 0.1) is 45.1 Å². The van der Waals surface area contributed by atoms with Gasteiger partial charge in [0.15, 0.2) is 0 Å². The molecule has 70 valence electrons. The minimum Gasteiger partial charge on any atom is -0.264 e. The molecule has 0 spiro atoms. The molecule has 0 N–H and O–H groups in total. The van der Waals surface area contributed by atoms with Crippen molar-refractivity contribution in [3.05, 3.63) is 10.1 Å². The lowest BCUT2D eigenvalue weighted by Crippen LogP contribution is -2.99. The van der Waals surface area contributed by atoms with Crippen molar-refractivity contribution in [3.63, 3.8) is 0 Å². The van der Waals surface area contributed by atoms with Gasteiger partial charge in [0.05, 0.1) is 0 Å². The van der Waals surface area contributed by atoms with Crippen molar-refractivity contribution in [2.24, 2.45) is 35.0 Å². The molecule has 0 aromatic heterocycles. The summed E-state index contributed by atoms with van der Waals surface area (Å²) in [6.45, 7) is 4.47. The zero-order valence-electron chi connectivity index (χ0n) is 7.86. The standard InChI is InChI=1S/C10H13NO2/c1-9(2)7-4-3-5-6(4)10(7,8(5)9)11(12)13/h4-8H,3H2,1-2H3. The quantitative estimate of drug-likeness (QED) is 0.453. The highest BCUT2D eigenvalue weighted by molar-refractivity contribution is 5.41. The van der Waals surface area contributed by atoms with Gasteiger partial charge >= 0.3 is 0 Å². The number of hydrogen-bond donors (Lipinski definition) is 0. The Hall–Kier alpha value is -0.600. The fourth-order valence-electron chi connectivity index (χ4n) is 5.90. The highest BCUT2D eigenvalue weighted by Gasteiger charge is 3.00. The van der Waals surface area contributed by atoms with Crippen molar-refractivity contribution in [1.82, 2.24) is 0 Å². The van der Waals surface area contributed by atoms with Crippen LogP contribution in [0.1, 0.15) is 20.3 Å². The molecule has 0 aliphatic heterocycles. The molecule has 0 bridgehead atoms. The molecular weight excluding hydrogens is 166 g/mol. The van der Waals surface area contributed by atoms with Gasteiger partial charge in [-0.05, 0) is 23.7 Å². The van der Waals surface area contributed by atoms with Crippen molar-refractivity contribution in [2.45, 2.75) is 25.8 Å². The second kappa shape index (κ2) is 1.33. The van der Waals surface area contributed by atoms with Crippen molar-refractivity contribution in [2.75, 3.05) is 0 Å². The third-order valence-electron chi connectivity index (χ3n) is 5.77. The van der Waals surface area contributed by atoms with Gasteiger partial charge in [0, 0.05) is 22.7 Å². The average Bonchev–Trinajstić information content (AvgIpc) is 1.99. The predicted octanol–water partition coefficient (Wildman–Crippen LogP) is 1.55. The molecule has 0 radical (unpaired) electrons. The summed E-state index contributed by atoms with van der Waals surface area (Å²) in [7, 11) is 0. The molecule has 4 atom stereocenters. The van der Waals surface area contributed by atoms with Crippen molar-refractivity contribution in [1.29, 1.82) is 0 Å². The molecule has 4 unspecified atom stereocenters. The summed E-state index contributed by atoms with van der Waals surface area (Å²) in [6.07, 6.45) is 1.30. The summed E-state index contributed by atoms with van der Waals surface area (Å²) < 4.78 is 0. The molecule has 0 aromatic rings. The molecule has 4 fully saturated rings. The lowest BCUT2D eigenvalue weighted by Gasteiger charge is -2.90. The first-order chi connectivity index (χ1) is 6.04. The average molecular weight is 179 g/mol. The van der Waals surface area contributed by atoms with E-state index in [9.17, 15) is 10.1 Å². The van der Waals surface area contributed by atoms with E-state index in [1.165, 1.54) is 6.42 Å². The van der Waals surface area contributed by atoms with E-state index in [-0.39, 0.29) is 10.3 Å². The first kappa shape index (κ1) is 6.80. The Bertz CT molecular complexity index is 329. The molecule has 4 aliphatic carbocycles. The minimum atomic E-state index is -0.406. The van der Waals surface area contributed by atoms with Gasteiger partial charge in [0.25, 0.3) is 0 Å². The van der Waals surface area contributed by atoms with Gasteiger partial charge in [-0.3, -0.25) is 10.1 Å². The third kappa shape index (κ3) is 0.328. The second-order valence-electron chi connectivity index (χ2n) is 6.01. The van der Waals surface area contributed by atoms with Gasteiger partial charge in [-0.15, -0.1) is 0 Å². The molecule has 0 saturated heterocycles. The summed E-state index contributed by atoms with van der Waals surface area (Å²) in [5, 5.41) is 11.1. The summed E-state index contributed by atoms with van der Waals surface area (Å²) in [6, 6.07) is 0. The van der Waals surface area contributed by atoms with Gasteiger partial charge in [-0.2, -0.15) is 0 Å². The molecule has 3 heteroatoms. The fraction of sp³-hybridized carbons (Fsp3) is 1.00. The monoisotopic (exact) mass is 179 g/mol. The van der Waals surface area contributed by atoms with Crippen LogP contribution in [0.3, 0.4) is 0 Å². The van der Waals surface area contributed by atoms with Gasteiger partial charge < -0.3 is 0 Å². The third-order valence-corrected chi connectivity index (χ3v) is 5.77. The first-order valence-corrected chi connectivity index (χ1v) is 5.18. The van der Waals surface area contributed by atoms with Crippen LogP contribution in [0.4, 0.5) is 0 Å². The molecule has 3 nitrogen and oxygen atoms in total. The van der Waals surface area contributed by atoms with E-state index < -0.39 is 5.54 Å². The molecular formula is C10H13NO2. The van der Waals surface area contributed by atoms with Gasteiger partial charge in [-0.1, -0.05) is 13.8 Å². The van der Waals surface area contributed by atoms with E-state index in [2.05, 4.69) is 13.8 Å². The molecule has 4 aliphatic rings.